The van der Waals surface area contributed by atoms with Crippen LogP contribution < -0.4 is 9.64 Å². The van der Waals surface area contributed by atoms with Crippen LogP contribution in [0.1, 0.15) is 100 Å². The Balaban J connectivity index is 1.91. The highest BCUT2D eigenvalue weighted by Crippen LogP contribution is 2.43. The monoisotopic (exact) mass is 525 g/mol. The number of ketones is 1. The third-order valence-corrected chi connectivity index (χ3v) is 7.41. The summed E-state index contributed by atoms with van der Waals surface area (Å²) in [4.78, 5) is 28.7. The molecule has 1 aliphatic rings. The van der Waals surface area contributed by atoms with Gasteiger partial charge < -0.3 is 9.84 Å². The average Bonchev–Trinajstić information content (AvgIpc) is 3.18. The first-order valence-electron chi connectivity index (χ1n) is 13.8. The molecule has 1 aliphatic heterocycles. The first kappa shape index (κ1) is 28.2. The Labute approximate surface area is 232 Å². The van der Waals surface area contributed by atoms with E-state index in [1.165, 1.54) is 4.90 Å². The molecular formula is C34H39NO4. The number of carbonyl (C=O) groups excluding carboxylic acids is 2. The van der Waals surface area contributed by atoms with E-state index in [-0.39, 0.29) is 17.3 Å². The molecule has 5 heteroatoms. The molecule has 0 aliphatic carbocycles. The van der Waals surface area contributed by atoms with E-state index in [1.807, 2.05) is 67.6 Å². The maximum absolute atomic E-state index is 13.6. The second kappa shape index (κ2) is 11.5. The van der Waals surface area contributed by atoms with E-state index in [1.54, 1.807) is 6.07 Å². The lowest BCUT2D eigenvalue weighted by Gasteiger charge is -2.26. The highest BCUT2D eigenvalue weighted by atomic mass is 16.5. The highest BCUT2D eigenvalue weighted by molar-refractivity contribution is 6.51. The maximum Gasteiger partial charge on any atom is 0.300 e. The second-order valence-corrected chi connectivity index (χ2v) is 11.1. The van der Waals surface area contributed by atoms with Gasteiger partial charge in [0.25, 0.3) is 11.7 Å². The van der Waals surface area contributed by atoms with Crippen molar-refractivity contribution >= 4 is 23.1 Å². The Morgan fingerprint density at radius 1 is 0.821 bits per heavy atom. The quantitative estimate of drug-likeness (QED) is 0.183. The first-order valence-corrected chi connectivity index (χ1v) is 13.8. The third-order valence-electron chi connectivity index (χ3n) is 7.41. The summed E-state index contributed by atoms with van der Waals surface area (Å²) in [5, 5.41) is 11.6. The minimum atomic E-state index is -0.759. The van der Waals surface area contributed by atoms with Gasteiger partial charge in [0.05, 0.1) is 18.2 Å². The van der Waals surface area contributed by atoms with Gasteiger partial charge in [-0.15, -0.1) is 0 Å². The van der Waals surface area contributed by atoms with Gasteiger partial charge in [0, 0.05) is 11.3 Å². The van der Waals surface area contributed by atoms with Gasteiger partial charge in [-0.1, -0.05) is 77.9 Å². The molecule has 0 aromatic heterocycles. The molecule has 1 heterocycles. The molecule has 1 saturated heterocycles. The van der Waals surface area contributed by atoms with E-state index in [0.29, 0.717) is 29.7 Å². The van der Waals surface area contributed by atoms with Gasteiger partial charge in [-0.05, 0) is 77.3 Å². The summed E-state index contributed by atoms with van der Waals surface area (Å²) in [7, 11) is 0. The molecule has 0 radical (unpaired) electrons. The lowest BCUT2D eigenvalue weighted by atomic mass is 9.91. The molecule has 1 N–H and O–H groups in total. The molecule has 3 aromatic carbocycles. The van der Waals surface area contributed by atoms with Crippen molar-refractivity contribution in [3.63, 3.8) is 0 Å². The van der Waals surface area contributed by atoms with Crippen molar-refractivity contribution in [1.29, 1.82) is 0 Å². The van der Waals surface area contributed by atoms with Gasteiger partial charge in [0.15, 0.2) is 0 Å². The Morgan fingerprint density at radius 2 is 1.38 bits per heavy atom. The van der Waals surface area contributed by atoms with E-state index in [4.69, 9.17) is 4.74 Å². The minimum absolute atomic E-state index is 0.0871. The zero-order chi connectivity index (χ0) is 28.4. The molecule has 204 valence electrons. The summed E-state index contributed by atoms with van der Waals surface area (Å²) in [6.07, 6.45) is 0. The van der Waals surface area contributed by atoms with Crippen LogP contribution in [-0.2, 0) is 9.59 Å². The third kappa shape index (κ3) is 5.49. The SMILES string of the molecule is CCOc1ccc(/C(O)=C2/C(=O)C(=O)N(c3ccc(C(C)C)cc3)C2c2ccc(C(C)C)cc2)cc1C(C)C. The van der Waals surface area contributed by atoms with Crippen molar-refractivity contribution in [3.8, 4) is 5.75 Å². The Bertz CT molecular complexity index is 1380. The average molecular weight is 526 g/mol. The van der Waals surface area contributed by atoms with Crippen LogP contribution in [0.25, 0.3) is 5.76 Å². The molecule has 4 rings (SSSR count). The van der Waals surface area contributed by atoms with E-state index in [9.17, 15) is 14.7 Å². The minimum Gasteiger partial charge on any atom is -0.507 e. The van der Waals surface area contributed by atoms with Crippen LogP contribution in [0, 0.1) is 0 Å². The number of ether oxygens (including phenoxy) is 1. The number of anilines is 1. The predicted octanol–water partition coefficient (Wildman–Crippen LogP) is 8.08. The van der Waals surface area contributed by atoms with Crippen molar-refractivity contribution in [2.24, 2.45) is 0 Å². The molecule has 0 spiro atoms. The van der Waals surface area contributed by atoms with Crippen molar-refractivity contribution < 1.29 is 19.4 Å². The summed E-state index contributed by atoms with van der Waals surface area (Å²) in [6.45, 7) is 15.0. The van der Waals surface area contributed by atoms with Gasteiger partial charge >= 0.3 is 0 Å². The van der Waals surface area contributed by atoms with Gasteiger partial charge in [-0.25, -0.2) is 0 Å². The smallest absolute Gasteiger partial charge is 0.300 e. The maximum atomic E-state index is 13.6. The Morgan fingerprint density at radius 3 is 1.90 bits per heavy atom. The molecule has 1 unspecified atom stereocenters. The fourth-order valence-corrected chi connectivity index (χ4v) is 5.09. The van der Waals surface area contributed by atoms with Crippen LogP contribution >= 0.6 is 0 Å². The Kier molecular flexibility index (Phi) is 8.29. The molecule has 1 fully saturated rings. The number of amides is 1. The molecular weight excluding hydrogens is 486 g/mol. The largest absolute Gasteiger partial charge is 0.507 e. The number of benzene rings is 3. The fourth-order valence-electron chi connectivity index (χ4n) is 5.09. The summed E-state index contributed by atoms with van der Waals surface area (Å²) < 4.78 is 5.79. The second-order valence-electron chi connectivity index (χ2n) is 11.1. The van der Waals surface area contributed by atoms with Crippen LogP contribution in [0.5, 0.6) is 5.75 Å². The number of hydrogen-bond acceptors (Lipinski definition) is 4. The van der Waals surface area contributed by atoms with E-state index in [0.717, 1.165) is 28.0 Å². The fraction of sp³-hybridized carbons (Fsp3) is 0.353. The predicted molar refractivity (Wildman–Crippen MR) is 158 cm³/mol. The van der Waals surface area contributed by atoms with Crippen LogP contribution in [0.3, 0.4) is 0 Å². The number of nitrogens with zero attached hydrogens (tertiary/aromatic N) is 1. The molecule has 1 amide bonds. The van der Waals surface area contributed by atoms with Crippen LogP contribution in [0.4, 0.5) is 5.69 Å². The topological polar surface area (TPSA) is 66.8 Å². The molecule has 39 heavy (non-hydrogen) atoms. The molecule has 3 aromatic rings. The van der Waals surface area contributed by atoms with Gasteiger partial charge in [-0.3, -0.25) is 14.5 Å². The number of aliphatic hydroxyl groups is 1. The molecule has 5 nitrogen and oxygen atoms in total. The van der Waals surface area contributed by atoms with Gasteiger partial charge in [0.1, 0.15) is 11.5 Å². The van der Waals surface area contributed by atoms with Gasteiger partial charge in [0.2, 0.25) is 0 Å². The van der Waals surface area contributed by atoms with Crippen molar-refractivity contribution in [1.82, 2.24) is 0 Å². The van der Waals surface area contributed by atoms with Crippen molar-refractivity contribution in [2.75, 3.05) is 11.5 Å². The Hall–Kier alpha value is -3.86. The highest BCUT2D eigenvalue weighted by Gasteiger charge is 2.47. The standard InChI is InChI=1S/C34H39NO4/c1-8-39-29-18-15-26(19-28(29)22(6)7)32(36)30-31(25-11-9-23(10-12-25)20(2)3)35(34(38)33(30)37)27-16-13-24(14-17-27)21(4)5/h9-22,31,36H,8H2,1-7H3/b32-30-. The normalized spacial score (nSPS) is 17.1. The first-order chi connectivity index (χ1) is 18.5. The number of rotatable bonds is 8. The lowest BCUT2D eigenvalue weighted by molar-refractivity contribution is -0.132. The molecule has 1 atom stereocenters. The molecule has 0 bridgehead atoms. The van der Waals surface area contributed by atoms with Crippen molar-refractivity contribution in [2.45, 2.75) is 72.3 Å². The zero-order valence-electron chi connectivity index (χ0n) is 24.0. The van der Waals surface area contributed by atoms with E-state index >= 15 is 0 Å². The summed E-state index contributed by atoms with van der Waals surface area (Å²) in [5.41, 5.74) is 5.19. The zero-order valence-corrected chi connectivity index (χ0v) is 24.0. The lowest BCUT2D eigenvalue weighted by Crippen LogP contribution is -2.29. The van der Waals surface area contributed by atoms with Crippen molar-refractivity contribution in [3.05, 3.63) is 100 Å². The van der Waals surface area contributed by atoms with Crippen LogP contribution in [-0.4, -0.2) is 23.4 Å². The van der Waals surface area contributed by atoms with Gasteiger partial charge in [-0.2, -0.15) is 0 Å². The van der Waals surface area contributed by atoms with E-state index < -0.39 is 17.7 Å². The number of aliphatic hydroxyl groups excluding tert-OH is 1. The van der Waals surface area contributed by atoms with Crippen LogP contribution in [0.2, 0.25) is 0 Å². The van der Waals surface area contributed by atoms with E-state index in [2.05, 4.69) is 41.5 Å². The number of carbonyl (C=O) groups is 2. The summed E-state index contributed by atoms with van der Waals surface area (Å²) in [6, 6.07) is 20.3. The summed E-state index contributed by atoms with van der Waals surface area (Å²) >= 11 is 0. The molecule has 0 saturated carbocycles. The van der Waals surface area contributed by atoms with Crippen LogP contribution in [0.15, 0.2) is 72.3 Å². The summed E-state index contributed by atoms with van der Waals surface area (Å²) in [5.74, 6) is 0.0322. The number of hydrogen-bond donors (Lipinski definition) is 1. The number of Topliss-reactive ketones (excluding diaryl/α,β-unsaturated/α-hetero) is 1.